The van der Waals surface area contributed by atoms with Crippen molar-refractivity contribution in [1.82, 2.24) is 10.2 Å². The minimum absolute atomic E-state index is 0.0558. The van der Waals surface area contributed by atoms with Crippen LogP contribution in [0, 0.1) is 5.92 Å². The van der Waals surface area contributed by atoms with E-state index in [-0.39, 0.29) is 16.5 Å². The van der Waals surface area contributed by atoms with E-state index in [1.807, 2.05) is 48.5 Å². The molecule has 1 amide bonds. The van der Waals surface area contributed by atoms with Gasteiger partial charge >= 0.3 is 5.91 Å². The molecule has 4 aromatic rings. The van der Waals surface area contributed by atoms with E-state index in [2.05, 4.69) is 24.0 Å². The second-order valence-corrected chi connectivity index (χ2v) is 12.9. The van der Waals surface area contributed by atoms with E-state index in [0.29, 0.717) is 64.2 Å². The minimum atomic E-state index is -0.961. The number of hydrogen-bond acceptors (Lipinski definition) is 10. The molecule has 0 unspecified atom stereocenters. The highest BCUT2D eigenvalue weighted by molar-refractivity contribution is 8.00. The largest absolute Gasteiger partial charge is 0.507 e. The van der Waals surface area contributed by atoms with Gasteiger partial charge in [-0.05, 0) is 53.8 Å². The highest BCUT2D eigenvalue weighted by Gasteiger charge is 2.48. The summed E-state index contributed by atoms with van der Waals surface area (Å²) < 4.78 is 18.0. The fraction of sp³-hybridized carbons (Fsp3) is 0.273. The molecule has 2 aliphatic heterocycles. The van der Waals surface area contributed by atoms with Gasteiger partial charge in [0.15, 0.2) is 15.8 Å². The Kier molecular flexibility index (Phi) is 8.85. The van der Waals surface area contributed by atoms with Crippen LogP contribution < -0.4 is 19.1 Å². The van der Waals surface area contributed by atoms with Crippen LogP contribution >= 0.6 is 23.1 Å². The van der Waals surface area contributed by atoms with Crippen molar-refractivity contribution in [1.29, 1.82) is 0 Å². The van der Waals surface area contributed by atoms with Gasteiger partial charge in [0.25, 0.3) is 5.78 Å². The second kappa shape index (κ2) is 13.1. The summed E-state index contributed by atoms with van der Waals surface area (Å²) in [5.41, 5.74) is 2.00. The fourth-order valence-electron chi connectivity index (χ4n) is 4.96. The Morgan fingerprint density at radius 3 is 2.61 bits per heavy atom. The SMILES string of the molecule is CC(C)CCOc1cccc([C@@H]2/C(=C(\O)c3ccc4c(c3)OCCO4)C(=O)C(=O)N2c2nnc(SCc3ccccc3)s2)c1. The van der Waals surface area contributed by atoms with Crippen LogP contribution in [0.2, 0.25) is 0 Å². The summed E-state index contributed by atoms with van der Waals surface area (Å²) in [6, 6.07) is 21.2. The maximum atomic E-state index is 13.7. The molecule has 0 radical (unpaired) electrons. The van der Waals surface area contributed by atoms with Gasteiger partial charge in [0.1, 0.15) is 24.7 Å². The summed E-state index contributed by atoms with van der Waals surface area (Å²) in [6.45, 7) is 5.56. The number of fused-ring (bicyclic) bond motifs is 1. The van der Waals surface area contributed by atoms with Gasteiger partial charge in [-0.25, -0.2) is 0 Å². The van der Waals surface area contributed by atoms with Gasteiger partial charge < -0.3 is 19.3 Å². The number of rotatable bonds is 10. The highest BCUT2D eigenvalue weighted by Crippen LogP contribution is 2.45. The average molecular weight is 630 g/mol. The number of aliphatic hydroxyl groups excluding tert-OH is 1. The average Bonchev–Trinajstić information content (AvgIpc) is 3.61. The van der Waals surface area contributed by atoms with E-state index >= 15 is 0 Å². The molecule has 11 heteroatoms. The number of hydrogen-bond donors (Lipinski definition) is 1. The lowest BCUT2D eigenvalue weighted by atomic mass is 9.95. The number of benzene rings is 3. The quantitative estimate of drug-likeness (QED) is 0.0677. The summed E-state index contributed by atoms with van der Waals surface area (Å²) in [5.74, 6) is 0.825. The summed E-state index contributed by atoms with van der Waals surface area (Å²) in [7, 11) is 0. The molecule has 0 spiro atoms. The van der Waals surface area contributed by atoms with E-state index in [1.165, 1.54) is 28.0 Å². The van der Waals surface area contributed by atoms with Crippen LogP contribution in [0.15, 0.2) is 82.7 Å². The Morgan fingerprint density at radius 2 is 1.82 bits per heavy atom. The number of carbonyl (C=O) groups is 2. The van der Waals surface area contributed by atoms with Crippen molar-refractivity contribution in [3.8, 4) is 17.2 Å². The zero-order chi connectivity index (χ0) is 30.6. The number of ketones is 1. The number of carbonyl (C=O) groups excluding carboxylic acids is 2. The normalized spacial score (nSPS) is 17.3. The third-order valence-electron chi connectivity index (χ3n) is 7.20. The molecular weight excluding hydrogens is 599 g/mol. The van der Waals surface area contributed by atoms with Crippen molar-refractivity contribution in [2.75, 3.05) is 24.7 Å². The lowest BCUT2D eigenvalue weighted by molar-refractivity contribution is -0.132. The van der Waals surface area contributed by atoms with Crippen LogP contribution in [0.4, 0.5) is 5.13 Å². The maximum absolute atomic E-state index is 13.7. The predicted octanol–water partition coefficient (Wildman–Crippen LogP) is 6.65. The number of nitrogens with zero attached hydrogens (tertiary/aromatic N) is 3. The highest BCUT2D eigenvalue weighted by atomic mass is 32.2. The number of anilines is 1. The van der Waals surface area contributed by atoms with Gasteiger partial charge in [0, 0.05) is 11.3 Å². The molecule has 1 saturated heterocycles. The number of aromatic nitrogens is 2. The van der Waals surface area contributed by atoms with Crippen molar-refractivity contribution in [3.63, 3.8) is 0 Å². The zero-order valence-corrected chi connectivity index (χ0v) is 25.9. The molecular formula is C33H31N3O6S2. The van der Waals surface area contributed by atoms with Crippen molar-refractivity contribution >= 4 is 45.7 Å². The molecule has 1 aromatic heterocycles. The molecule has 1 atom stereocenters. The molecule has 1 N–H and O–H groups in total. The molecule has 0 saturated carbocycles. The Morgan fingerprint density at radius 1 is 1.02 bits per heavy atom. The molecule has 3 heterocycles. The van der Waals surface area contributed by atoms with Crippen molar-refractivity contribution in [2.24, 2.45) is 5.92 Å². The molecule has 0 aliphatic carbocycles. The van der Waals surface area contributed by atoms with Crippen LogP contribution in [-0.2, 0) is 15.3 Å². The minimum Gasteiger partial charge on any atom is -0.507 e. The first-order valence-electron chi connectivity index (χ1n) is 14.3. The maximum Gasteiger partial charge on any atom is 0.301 e. The van der Waals surface area contributed by atoms with Gasteiger partial charge in [0.2, 0.25) is 5.13 Å². The lowest BCUT2D eigenvalue weighted by Crippen LogP contribution is -2.29. The van der Waals surface area contributed by atoms with Crippen LogP contribution in [0.3, 0.4) is 0 Å². The molecule has 3 aromatic carbocycles. The smallest absolute Gasteiger partial charge is 0.301 e. The molecule has 44 heavy (non-hydrogen) atoms. The van der Waals surface area contributed by atoms with E-state index in [1.54, 1.807) is 24.3 Å². The molecule has 1 fully saturated rings. The summed E-state index contributed by atoms with van der Waals surface area (Å²) in [4.78, 5) is 28.7. The lowest BCUT2D eigenvalue weighted by Gasteiger charge is -2.23. The first kappa shape index (κ1) is 29.7. The summed E-state index contributed by atoms with van der Waals surface area (Å²) in [5, 5.41) is 20.5. The van der Waals surface area contributed by atoms with Crippen LogP contribution in [0.1, 0.15) is 43.0 Å². The van der Waals surface area contributed by atoms with Crippen LogP contribution in [0.25, 0.3) is 5.76 Å². The van der Waals surface area contributed by atoms with Gasteiger partial charge in [-0.3, -0.25) is 14.5 Å². The van der Waals surface area contributed by atoms with Gasteiger partial charge in [-0.15, -0.1) is 10.2 Å². The zero-order valence-electron chi connectivity index (χ0n) is 24.3. The Labute approximate surface area is 263 Å². The third kappa shape index (κ3) is 6.29. The number of ether oxygens (including phenoxy) is 3. The molecule has 226 valence electrons. The van der Waals surface area contributed by atoms with E-state index < -0.39 is 17.7 Å². The summed E-state index contributed by atoms with van der Waals surface area (Å²) >= 11 is 2.72. The standard InChI is InChI=1S/C33H31N3O6S2/c1-20(2)13-14-40-24-10-6-9-22(17-24)28-27(29(37)23-11-12-25-26(18-23)42-16-15-41-25)30(38)31(39)36(28)32-34-35-33(44-32)43-19-21-7-4-3-5-8-21/h3-12,17-18,20,28,37H,13-16,19H2,1-2H3/b29-27+/t28-/m1/s1. The number of Topliss-reactive ketones (excluding diaryl/α,β-unsaturated/α-hetero) is 1. The molecule has 2 aliphatic rings. The summed E-state index contributed by atoms with van der Waals surface area (Å²) in [6.07, 6.45) is 0.876. The molecule has 9 nitrogen and oxygen atoms in total. The van der Waals surface area contributed by atoms with Gasteiger partial charge in [-0.1, -0.05) is 79.4 Å². The van der Waals surface area contributed by atoms with Gasteiger partial charge in [0.05, 0.1) is 18.2 Å². The number of thioether (sulfide) groups is 1. The first-order valence-corrected chi connectivity index (χ1v) is 16.1. The monoisotopic (exact) mass is 629 g/mol. The van der Waals surface area contributed by atoms with E-state index in [9.17, 15) is 14.7 Å². The second-order valence-electron chi connectivity index (χ2n) is 10.8. The third-order valence-corrected chi connectivity index (χ3v) is 9.33. The van der Waals surface area contributed by atoms with Crippen LogP contribution in [-0.4, -0.2) is 46.8 Å². The van der Waals surface area contributed by atoms with E-state index in [0.717, 1.165) is 12.0 Å². The Balaban J connectivity index is 1.39. The van der Waals surface area contributed by atoms with E-state index in [4.69, 9.17) is 14.2 Å². The van der Waals surface area contributed by atoms with Gasteiger partial charge in [-0.2, -0.15) is 0 Å². The van der Waals surface area contributed by atoms with Crippen molar-refractivity contribution < 1.29 is 28.9 Å². The Bertz CT molecular complexity index is 1700. The van der Waals surface area contributed by atoms with Crippen molar-refractivity contribution in [2.45, 2.75) is 36.4 Å². The number of amides is 1. The number of aliphatic hydroxyl groups is 1. The van der Waals surface area contributed by atoms with Crippen molar-refractivity contribution in [3.05, 3.63) is 95.1 Å². The van der Waals surface area contributed by atoms with Crippen LogP contribution in [0.5, 0.6) is 17.2 Å². The molecule has 0 bridgehead atoms. The molecule has 6 rings (SSSR count). The topological polar surface area (TPSA) is 111 Å². The Hall–Kier alpha value is -4.35. The fourth-order valence-corrected chi connectivity index (χ4v) is 6.78. The first-order chi connectivity index (χ1) is 21.4. The predicted molar refractivity (Wildman–Crippen MR) is 170 cm³/mol.